The molecule has 0 spiro atoms. The molecule has 1 aromatic heterocycles. The van der Waals surface area contributed by atoms with Gasteiger partial charge < -0.3 is 4.74 Å². The number of esters is 1. The van der Waals surface area contributed by atoms with Gasteiger partial charge in [0.25, 0.3) is 0 Å². The van der Waals surface area contributed by atoms with E-state index in [2.05, 4.69) is 4.98 Å². The number of aromatic nitrogens is 1. The maximum absolute atomic E-state index is 13.0. The van der Waals surface area contributed by atoms with E-state index in [1.807, 2.05) is 26.0 Å². The van der Waals surface area contributed by atoms with Crippen molar-refractivity contribution in [2.45, 2.75) is 13.8 Å². The van der Waals surface area contributed by atoms with Crippen LogP contribution in [0.3, 0.4) is 0 Å². The van der Waals surface area contributed by atoms with Crippen LogP contribution in [0.4, 0.5) is 4.39 Å². The van der Waals surface area contributed by atoms with E-state index in [9.17, 15) is 14.0 Å². The number of thiazole rings is 1. The fourth-order valence-electron chi connectivity index (χ4n) is 2.41. The molecule has 0 bridgehead atoms. The molecule has 1 heterocycles. The van der Waals surface area contributed by atoms with Crippen LogP contribution in [0.1, 0.15) is 32.0 Å². The Bertz CT molecular complexity index is 963. The maximum Gasteiger partial charge on any atom is 0.358 e. The zero-order chi connectivity index (χ0) is 18.7. The summed E-state index contributed by atoms with van der Waals surface area (Å²) >= 11 is 1.25. The van der Waals surface area contributed by atoms with Crippen LogP contribution in [0.15, 0.2) is 47.8 Å². The Balaban J connectivity index is 1.66. The number of Topliss-reactive ketones (excluding diaryl/α,β-unsaturated/α-hetero) is 1. The Morgan fingerprint density at radius 2 is 1.85 bits per heavy atom. The average Bonchev–Trinajstić information content (AvgIpc) is 3.12. The molecule has 3 aromatic rings. The average molecular weight is 369 g/mol. The van der Waals surface area contributed by atoms with Crippen LogP contribution in [0, 0.1) is 19.7 Å². The first-order valence-electron chi connectivity index (χ1n) is 7.93. The van der Waals surface area contributed by atoms with Crippen molar-refractivity contribution in [2.24, 2.45) is 0 Å². The molecule has 0 aliphatic heterocycles. The van der Waals surface area contributed by atoms with E-state index in [0.717, 1.165) is 11.1 Å². The first-order valence-corrected chi connectivity index (χ1v) is 8.81. The van der Waals surface area contributed by atoms with E-state index < -0.39 is 5.97 Å². The Morgan fingerprint density at radius 3 is 2.58 bits per heavy atom. The van der Waals surface area contributed by atoms with Gasteiger partial charge in [-0.1, -0.05) is 17.7 Å². The van der Waals surface area contributed by atoms with Crippen LogP contribution in [0.25, 0.3) is 10.6 Å². The molecule has 0 aliphatic rings. The third kappa shape index (κ3) is 4.03. The second kappa shape index (κ2) is 7.58. The van der Waals surface area contributed by atoms with Crippen LogP contribution in [-0.2, 0) is 4.74 Å². The fraction of sp³-hybridized carbons (Fsp3) is 0.150. The summed E-state index contributed by atoms with van der Waals surface area (Å²) in [5.41, 5.74) is 3.19. The van der Waals surface area contributed by atoms with Gasteiger partial charge >= 0.3 is 5.97 Å². The highest BCUT2D eigenvalue weighted by molar-refractivity contribution is 7.13. The summed E-state index contributed by atoms with van der Waals surface area (Å²) in [7, 11) is 0. The Labute approximate surface area is 154 Å². The van der Waals surface area contributed by atoms with Gasteiger partial charge in [-0.3, -0.25) is 4.79 Å². The van der Waals surface area contributed by atoms with Crippen molar-refractivity contribution in [2.75, 3.05) is 6.61 Å². The molecular weight excluding hydrogens is 353 g/mol. The number of ether oxygens (including phenoxy) is 1. The Kier molecular flexibility index (Phi) is 5.23. The molecule has 0 atom stereocenters. The summed E-state index contributed by atoms with van der Waals surface area (Å²) in [6.45, 7) is 3.39. The Morgan fingerprint density at radius 1 is 1.12 bits per heavy atom. The Hall–Kier alpha value is -2.86. The molecule has 0 amide bonds. The van der Waals surface area contributed by atoms with Crippen molar-refractivity contribution < 1.29 is 18.7 Å². The van der Waals surface area contributed by atoms with Gasteiger partial charge in [0.05, 0.1) is 0 Å². The van der Waals surface area contributed by atoms with Crippen molar-refractivity contribution in [3.63, 3.8) is 0 Å². The number of carbonyl (C=O) groups excluding carboxylic acids is 2. The molecule has 0 aliphatic carbocycles. The number of ketones is 1. The first kappa shape index (κ1) is 17.9. The second-order valence-corrected chi connectivity index (χ2v) is 6.72. The van der Waals surface area contributed by atoms with Gasteiger partial charge in [0.2, 0.25) is 5.78 Å². The quantitative estimate of drug-likeness (QED) is 0.487. The van der Waals surface area contributed by atoms with Crippen molar-refractivity contribution in [3.8, 4) is 10.6 Å². The van der Waals surface area contributed by atoms with Gasteiger partial charge in [-0.2, -0.15) is 0 Å². The number of halogens is 1. The highest BCUT2D eigenvalue weighted by atomic mass is 32.1. The zero-order valence-corrected chi connectivity index (χ0v) is 15.1. The number of aryl methyl sites for hydroxylation is 2. The number of benzene rings is 2. The topological polar surface area (TPSA) is 56.3 Å². The smallest absolute Gasteiger partial charge is 0.358 e. The molecule has 3 rings (SSSR count). The summed E-state index contributed by atoms with van der Waals surface area (Å²) in [5, 5.41) is 2.14. The molecule has 0 fully saturated rings. The third-order valence-electron chi connectivity index (χ3n) is 3.83. The molecule has 6 heteroatoms. The van der Waals surface area contributed by atoms with Crippen LogP contribution in [0.5, 0.6) is 0 Å². The van der Waals surface area contributed by atoms with E-state index in [1.54, 1.807) is 23.6 Å². The van der Waals surface area contributed by atoms with Gasteiger partial charge in [0, 0.05) is 16.5 Å². The van der Waals surface area contributed by atoms with Crippen molar-refractivity contribution >= 4 is 23.1 Å². The molecule has 0 radical (unpaired) electrons. The van der Waals surface area contributed by atoms with Gasteiger partial charge in [0.15, 0.2) is 12.3 Å². The van der Waals surface area contributed by atoms with Crippen LogP contribution in [-0.4, -0.2) is 23.3 Å². The van der Waals surface area contributed by atoms with Crippen molar-refractivity contribution in [1.82, 2.24) is 4.98 Å². The minimum absolute atomic E-state index is 0.128. The zero-order valence-electron chi connectivity index (χ0n) is 14.3. The number of rotatable bonds is 5. The summed E-state index contributed by atoms with van der Waals surface area (Å²) in [5.74, 6) is -1.25. The van der Waals surface area contributed by atoms with Gasteiger partial charge in [-0.25, -0.2) is 14.2 Å². The molecule has 0 N–H and O–H groups in total. The summed E-state index contributed by atoms with van der Waals surface area (Å²) < 4.78 is 18.1. The van der Waals surface area contributed by atoms with E-state index >= 15 is 0 Å². The van der Waals surface area contributed by atoms with E-state index in [4.69, 9.17) is 4.74 Å². The molecule has 0 saturated carbocycles. The minimum Gasteiger partial charge on any atom is -0.453 e. The van der Waals surface area contributed by atoms with Gasteiger partial charge in [0.1, 0.15) is 10.8 Å². The first-order chi connectivity index (χ1) is 12.4. The SMILES string of the molecule is Cc1ccc(C)c(C(=O)COC(=O)c2csc(-c3ccc(F)cc3)n2)c1. The molecule has 132 valence electrons. The third-order valence-corrected chi connectivity index (χ3v) is 4.72. The standard InChI is InChI=1S/C20H16FNO3S/c1-12-3-4-13(2)16(9-12)18(23)10-25-20(24)17-11-26-19(22-17)14-5-7-15(21)8-6-14/h3-9,11H,10H2,1-2H3. The monoisotopic (exact) mass is 369 g/mol. The fourth-order valence-corrected chi connectivity index (χ4v) is 3.21. The van der Waals surface area contributed by atoms with Crippen LogP contribution in [0.2, 0.25) is 0 Å². The normalized spacial score (nSPS) is 10.6. The predicted octanol–water partition coefficient (Wildman–Crippen LogP) is 4.61. The molecular formula is C20H16FNO3S. The number of hydrogen-bond acceptors (Lipinski definition) is 5. The molecule has 26 heavy (non-hydrogen) atoms. The largest absolute Gasteiger partial charge is 0.453 e. The van der Waals surface area contributed by atoms with Crippen molar-refractivity contribution in [1.29, 1.82) is 0 Å². The van der Waals surface area contributed by atoms with E-state index in [1.165, 1.54) is 23.5 Å². The second-order valence-electron chi connectivity index (χ2n) is 5.86. The minimum atomic E-state index is -0.659. The maximum atomic E-state index is 13.0. The lowest BCUT2D eigenvalue weighted by Gasteiger charge is -2.06. The van der Waals surface area contributed by atoms with Crippen LogP contribution < -0.4 is 0 Å². The van der Waals surface area contributed by atoms with E-state index in [-0.39, 0.29) is 23.9 Å². The lowest BCUT2D eigenvalue weighted by atomic mass is 10.0. The summed E-state index contributed by atoms with van der Waals surface area (Å²) in [6.07, 6.45) is 0. The van der Waals surface area contributed by atoms with Gasteiger partial charge in [-0.15, -0.1) is 11.3 Å². The summed E-state index contributed by atoms with van der Waals surface area (Å²) in [4.78, 5) is 28.6. The highest BCUT2D eigenvalue weighted by Crippen LogP contribution is 2.24. The van der Waals surface area contributed by atoms with Crippen molar-refractivity contribution in [3.05, 3.63) is 76.0 Å². The molecule has 2 aromatic carbocycles. The number of nitrogens with zero attached hydrogens (tertiary/aromatic N) is 1. The lowest BCUT2D eigenvalue weighted by Crippen LogP contribution is -2.15. The molecule has 4 nitrogen and oxygen atoms in total. The van der Waals surface area contributed by atoms with Crippen LogP contribution >= 0.6 is 11.3 Å². The van der Waals surface area contributed by atoms with E-state index in [0.29, 0.717) is 16.1 Å². The molecule has 0 unspecified atom stereocenters. The summed E-state index contributed by atoms with van der Waals surface area (Å²) in [6, 6.07) is 11.4. The highest BCUT2D eigenvalue weighted by Gasteiger charge is 2.16. The molecule has 0 saturated heterocycles. The number of hydrogen-bond donors (Lipinski definition) is 0. The lowest BCUT2D eigenvalue weighted by molar-refractivity contribution is 0.0469. The predicted molar refractivity (Wildman–Crippen MR) is 98.0 cm³/mol. The van der Waals surface area contributed by atoms with Gasteiger partial charge in [-0.05, 0) is 49.7 Å². The number of carbonyl (C=O) groups is 2.